The summed E-state index contributed by atoms with van der Waals surface area (Å²) < 4.78 is 84.6. The van der Waals surface area contributed by atoms with E-state index in [9.17, 15) is 26.0 Å². The van der Waals surface area contributed by atoms with Crippen LogP contribution < -0.4 is 20.1 Å². The molecule has 3 aromatic carbocycles. The molecule has 0 radical (unpaired) electrons. The Kier molecular flexibility index (Phi) is 9.37. The monoisotopic (exact) mass is 681 g/mol. The van der Waals surface area contributed by atoms with Crippen molar-refractivity contribution in [3.63, 3.8) is 0 Å². The van der Waals surface area contributed by atoms with Crippen molar-refractivity contribution in [2.75, 3.05) is 23.7 Å². The molecule has 0 bridgehead atoms. The standard InChI is InChI=1S/C29H28BrF4N5O3S/c30-20-12-13-26(25(14-20)42-29(32,33)34)43(40,41)36-17-19-10-8-18(9-11-19)16-35-28-38-24-7-2-1-6-23(24)27(39-28)37-22-5-3-4-21(31)15-22/h1-7,12-15,18-19,36H,8-11,16-17H2,(H2,35,37,38,39)/t18-,19-. The topological polar surface area (TPSA) is 105 Å². The third-order valence-corrected chi connectivity index (χ3v) is 9.15. The predicted octanol–water partition coefficient (Wildman–Crippen LogP) is 7.37. The summed E-state index contributed by atoms with van der Waals surface area (Å²) in [6.45, 7) is 0.708. The molecule has 0 aliphatic heterocycles. The fourth-order valence-corrected chi connectivity index (χ4v) is 6.61. The molecular formula is C29H28BrF4N5O3S. The number of hydrogen-bond donors (Lipinski definition) is 3. The van der Waals surface area contributed by atoms with Crippen molar-refractivity contribution in [3.05, 3.63) is 77.0 Å². The minimum absolute atomic E-state index is 0.0347. The van der Waals surface area contributed by atoms with Crippen molar-refractivity contribution in [2.45, 2.75) is 36.9 Å². The molecule has 228 valence electrons. The molecule has 1 aliphatic carbocycles. The first kappa shape index (κ1) is 31.0. The molecule has 0 unspecified atom stereocenters. The van der Waals surface area contributed by atoms with Crippen molar-refractivity contribution in [3.8, 4) is 5.75 Å². The molecule has 14 heteroatoms. The van der Waals surface area contributed by atoms with E-state index in [1.807, 2.05) is 24.3 Å². The maximum absolute atomic E-state index is 13.7. The van der Waals surface area contributed by atoms with Crippen LogP contribution in [-0.2, 0) is 10.0 Å². The van der Waals surface area contributed by atoms with Crippen LogP contribution in [0.2, 0.25) is 0 Å². The van der Waals surface area contributed by atoms with Gasteiger partial charge in [0.05, 0.1) is 5.52 Å². The van der Waals surface area contributed by atoms with Gasteiger partial charge in [-0.15, -0.1) is 13.2 Å². The lowest BCUT2D eigenvalue weighted by molar-refractivity contribution is -0.275. The van der Waals surface area contributed by atoms with Gasteiger partial charge in [0, 0.05) is 28.6 Å². The van der Waals surface area contributed by atoms with Gasteiger partial charge in [-0.3, -0.25) is 0 Å². The molecule has 3 N–H and O–H groups in total. The Morgan fingerprint density at radius 3 is 2.35 bits per heavy atom. The van der Waals surface area contributed by atoms with Crippen LogP contribution in [0.3, 0.4) is 0 Å². The minimum Gasteiger partial charge on any atom is -0.404 e. The molecule has 0 saturated heterocycles. The third kappa shape index (κ3) is 8.33. The molecule has 1 aromatic heterocycles. The first-order valence-electron chi connectivity index (χ1n) is 13.5. The Hall–Kier alpha value is -3.49. The highest BCUT2D eigenvalue weighted by Gasteiger charge is 2.34. The Balaban J connectivity index is 1.17. The molecule has 1 saturated carbocycles. The fourth-order valence-electron chi connectivity index (χ4n) is 5.04. The normalized spacial score (nSPS) is 17.5. The van der Waals surface area contributed by atoms with Gasteiger partial charge in [0.25, 0.3) is 0 Å². The van der Waals surface area contributed by atoms with E-state index in [4.69, 9.17) is 0 Å². The quantitative estimate of drug-likeness (QED) is 0.150. The van der Waals surface area contributed by atoms with Gasteiger partial charge < -0.3 is 15.4 Å². The van der Waals surface area contributed by atoms with Crippen LogP contribution in [0.25, 0.3) is 10.9 Å². The maximum Gasteiger partial charge on any atom is 0.573 e. The summed E-state index contributed by atoms with van der Waals surface area (Å²) in [6, 6.07) is 17.0. The highest BCUT2D eigenvalue weighted by atomic mass is 79.9. The zero-order valence-electron chi connectivity index (χ0n) is 22.7. The Labute approximate surface area is 254 Å². The molecule has 1 aliphatic rings. The van der Waals surface area contributed by atoms with E-state index in [1.54, 1.807) is 12.1 Å². The molecule has 43 heavy (non-hydrogen) atoms. The van der Waals surface area contributed by atoms with Gasteiger partial charge in [0.2, 0.25) is 16.0 Å². The molecule has 5 rings (SSSR count). The van der Waals surface area contributed by atoms with Crippen LogP contribution in [0.15, 0.2) is 76.1 Å². The Morgan fingerprint density at radius 2 is 1.63 bits per heavy atom. The zero-order valence-corrected chi connectivity index (χ0v) is 25.1. The number of halogens is 5. The number of hydrogen-bond acceptors (Lipinski definition) is 7. The molecule has 1 heterocycles. The average molecular weight is 683 g/mol. The minimum atomic E-state index is -5.03. The zero-order chi connectivity index (χ0) is 30.6. The van der Waals surface area contributed by atoms with Gasteiger partial charge in [0.15, 0.2) is 5.75 Å². The van der Waals surface area contributed by atoms with Crippen molar-refractivity contribution in [1.29, 1.82) is 0 Å². The van der Waals surface area contributed by atoms with Crippen LogP contribution in [-0.4, -0.2) is 37.8 Å². The van der Waals surface area contributed by atoms with E-state index in [0.29, 0.717) is 29.9 Å². The van der Waals surface area contributed by atoms with E-state index in [1.165, 1.54) is 18.2 Å². The Morgan fingerprint density at radius 1 is 0.907 bits per heavy atom. The van der Waals surface area contributed by atoms with Crippen LogP contribution in [0.4, 0.5) is 35.0 Å². The van der Waals surface area contributed by atoms with Crippen LogP contribution >= 0.6 is 15.9 Å². The van der Waals surface area contributed by atoms with Crippen LogP contribution in [0.1, 0.15) is 25.7 Å². The number of para-hydroxylation sites is 1. The third-order valence-electron chi connectivity index (χ3n) is 7.19. The fraction of sp³-hybridized carbons (Fsp3) is 0.310. The van der Waals surface area contributed by atoms with Crippen molar-refractivity contribution in [1.82, 2.24) is 14.7 Å². The van der Waals surface area contributed by atoms with Gasteiger partial charge in [-0.1, -0.05) is 34.1 Å². The summed E-state index contributed by atoms with van der Waals surface area (Å²) in [6.07, 6.45) is -1.91. The number of sulfonamides is 1. The van der Waals surface area contributed by atoms with E-state index in [-0.39, 0.29) is 22.8 Å². The number of fused-ring (bicyclic) bond motifs is 1. The lowest BCUT2D eigenvalue weighted by atomic mass is 9.82. The van der Waals surface area contributed by atoms with E-state index in [2.05, 4.69) is 46.0 Å². The second-order valence-corrected chi connectivity index (χ2v) is 13.0. The first-order valence-corrected chi connectivity index (χ1v) is 15.8. The van der Waals surface area contributed by atoms with Crippen molar-refractivity contribution < 1.29 is 30.7 Å². The molecule has 1 fully saturated rings. The number of nitrogens with one attached hydrogen (secondary N) is 3. The molecule has 0 spiro atoms. The molecule has 0 amide bonds. The smallest absolute Gasteiger partial charge is 0.404 e. The maximum atomic E-state index is 13.7. The van der Waals surface area contributed by atoms with Gasteiger partial charge in [0.1, 0.15) is 16.5 Å². The molecule has 0 atom stereocenters. The lowest BCUT2D eigenvalue weighted by Crippen LogP contribution is -2.33. The molecule has 4 aromatic rings. The number of nitrogens with zero attached hydrogens (tertiary/aromatic N) is 2. The SMILES string of the molecule is O=S(=O)(NC[C@H]1CC[C@H](CNc2nc(Nc3cccc(F)c3)c3ccccc3n2)CC1)c1ccc(Br)cc1OC(F)(F)F. The van der Waals surface area contributed by atoms with E-state index < -0.39 is 27.0 Å². The summed E-state index contributed by atoms with van der Waals surface area (Å²) in [5, 5.41) is 7.27. The highest BCUT2D eigenvalue weighted by molar-refractivity contribution is 9.10. The van der Waals surface area contributed by atoms with Crippen molar-refractivity contribution >= 4 is 54.3 Å². The number of benzene rings is 3. The number of ether oxygens (including phenoxy) is 1. The summed E-state index contributed by atoms with van der Waals surface area (Å²) in [7, 11) is -4.24. The number of aromatic nitrogens is 2. The van der Waals surface area contributed by atoms with E-state index >= 15 is 0 Å². The second kappa shape index (κ2) is 13.0. The molecule has 8 nitrogen and oxygen atoms in total. The lowest BCUT2D eigenvalue weighted by Gasteiger charge is -2.28. The second-order valence-electron chi connectivity index (χ2n) is 10.3. The number of anilines is 3. The predicted molar refractivity (Wildman–Crippen MR) is 159 cm³/mol. The van der Waals surface area contributed by atoms with Gasteiger partial charge in [-0.2, -0.15) is 4.98 Å². The average Bonchev–Trinajstić information content (AvgIpc) is 2.95. The Bertz CT molecular complexity index is 1700. The van der Waals surface area contributed by atoms with E-state index in [0.717, 1.165) is 48.7 Å². The number of rotatable bonds is 10. The van der Waals surface area contributed by atoms with Crippen molar-refractivity contribution in [2.24, 2.45) is 11.8 Å². The number of alkyl halides is 3. The van der Waals surface area contributed by atoms with Gasteiger partial charge in [-0.25, -0.2) is 22.5 Å². The van der Waals surface area contributed by atoms with Gasteiger partial charge in [-0.05, 0) is 86.1 Å². The summed E-state index contributed by atoms with van der Waals surface area (Å²) >= 11 is 3.04. The summed E-state index contributed by atoms with van der Waals surface area (Å²) in [4.78, 5) is 8.67. The van der Waals surface area contributed by atoms with Crippen LogP contribution in [0.5, 0.6) is 5.75 Å². The highest BCUT2D eigenvalue weighted by Crippen LogP contribution is 2.33. The van der Waals surface area contributed by atoms with Crippen LogP contribution in [0, 0.1) is 17.7 Å². The summed E-state index contributed by atoms with van der Waals surface area (Å²) in [5.41, 5.74) is 1.29. The first-order chi connectivity index (χ1) is 20.4. The molecular weight excluding hydrogens is 654 g/mol. The largest absolute Gasteiger partial charge is 0.573 e. The summed E-state index contributed by atoms with van der Waals surface area (Å²) in [5.74, 6) is 0.143. The van der Waals surface area contributed by atoms with Gasteiger partial charge >= 0.3 is 6.36 Å².